The van der Waals surface area contributed by atoms with Crippen LogP contribution in [0.5, 0.6) is 0 Å². The largest absolute Gasteiger partial charge is 0.367 e. The molecule has 2 heterocycles. The van der Waals surface area contributed by atoms with E-state index in [0.29, 0.717) is 38.8 Å². The van der Waals surface area contributed by atoms with Crippen molar-refractivity contribution in [2.75, 3.05) is 13.1 Å². The van der Waals surface area contributed by atoms with Gasteiger partial charge in [0.05, 0.1) is 17.3 Å². The van der Waals surface area contributed by atoms with Crippen molar-refractivity contribution in [3.63, 3.8) is 0 Å². The summed E-state index contributed by atoms with van der Waals surface area (Å²) >= 11 is 0. The van der Waals surface area contributed by atoms with Gasteiger partial charge in [0, 0.05) is 33.0 Å². The molecule has 0 radical (unpaired) electrons. The van der Waals surface area contributed by atoms with E-state index in [-0.39, 0.29) is 23.4 Å². The SMILES string of the molecule is CC(=O)N[C@@H]1C[C@H](c2c(F)cccc2F)OC2(CCN(C(C)=O)CC2)C1. The summed E-state index contributed by atoms with van der Waals surface area (Å²) in [5.41, 5.74) is -0.688. The third-order valence-corrected chi connectivity index (χ3v) is 5.36. The Balaban J connectivity index is 1.87. The summed E-state index contributed by atoms with van der Waals surface area (Å²) in [5.74, 6) is -1.46. The van der Waals surface area contributed by atoms with Crippen LogP contribution in [0.2, 0.25) is 0 Å². The molecule has 7 heteroatoms. The number of rotatable bonds is 2. The molecule has 1 aromatic carbocycles. The van der Waals surface area contributed by atoms with Crippen LogP contribution in [0.25, 0.3) is 0 Å². The van der Waals surface area contributed by atoms with Crippen molar-refractivity contribution in [3.8, 4) is 0 Å². The minimum atomic E-state index is -0.773. The summed E-state index contributed by atoms with van der Waals surface area (Å²) in [5, 5.41) is 2.88. The Morgan fingerprint density at radius 1 is 1.19 bits per heavy atom. The first kappa shape index (κ1) is 18.8. The molecule has 0 saturated carbocycles. The predicted octanol–water partition coefficient (Wildman–Crippen LogP) is 2.70. The van der Waals surface area contributed by atoms with Gasteiger partial charge in [-0.25, -0.2) is 8.78 Å². The first-order chi connectivity index (χ1) is 12.3. The number of piperidine rings is 1. The Kier molecular flexibility index (Phi) is 5.27. The van der Waals surface area contributed by atoms with E-state index in [2.05, 4.69) is 5.32 Å². The molecule has 2 fully saturated rings. The van der Waals surface area contributed by atoms with E-state index in [9.17, 15) is 18.4 Å². The fourth-order valence-electron chi connectivity index (χ4n) is 4.13. The molecule has 2 amide bonds. The first-order valence-corrected chi connectivity index (χ1v) is 8.94. The highest BCUT2D eigenvalue weighted by molar-refractivity contribution is 5.73. The van der Waals surface area contributed by atoms with Crippen molar-refractivity contribution in [2.24, 2.45) is 0 Å². The van der Waals surface area contributed by atoms with Gasteiger partial charge in [-0.05, 0) is 37.8 Å². The third-order valence-electron chi connectivity index (χ3n) is 5.36. The molecule has 1 aromatic rings. The molecule has 26 heavy (non-hydrogen) atoms. The van der Waals surface area contributed by atoms with Crippen LogP contribution in [0.1, 0.15) is 51.2 Å². The standard InChI is InChI=1S/C19H24F2N2O3/c1-12(24)22-14-10-17(18-15(20)4-3-5-16(18)21)26-19(11-14)6-8-23(9-7-19)13(2)25/h3-5,14,17H,6-11H2,1-2H3,(H,22,24)/t14-,17-/m1/s1. The lowest BCUT2D eigenvalue weighted by Crippen LogP contribution is -2.54. The van der Waals surface area contributed by atoms with E-state index in [1.165, 1.54) is 32.0 Å². The lowest BCUT2D eigenvalue weighted by molar-refractivity contribution is -0.169. The van der Waals surface area contributed by atoms with Crippen LogP contribution in [-0.2, 0) is 14.3 Å². The molecule has 0 bridgehead atoms. The number of nitrogens with zero attached hydrogens (tertiary/aromatic N) is 1. The van der Waals surface area contributed by atoms with Crippen LogP contribution in [0.15, 0.2) is 18.2 Å². The third kappa shape index (κ3) is 3.87. The summed E-state index contributed by atoms with van der Waals surface area (Å²) < 4.78 is 34.8. The Hall–Kier alpha value is -2.02. The summed E-state index contributed by atoms with van der Waals surface area (Å²) in [6, 6.07) is 3.53. The molecule has 0 unspecified atom stereocenters. The molecule has 1 spiro atoms. The number of benzene rings is 1. The van der Waals surface area contributed by atoms with E-state index in [1.54, 1.807) is 4.90 Å². The number of hydrogen-bond donors (Lipinski definition) is 1. The van der Waals surface area contributed by atoms with Gasteiger partial charge in [0.2, 0.25) is 11.8 Å². The quantitative estimate of drug-likeness (QED) is 0.876. The zero-order valence-electron chi connectivity index (χ0n) is 15.1. The number of amides is 2. The molecular formula is C19H24F2N2O3. The Labute approximate surface area is 151 Å². The van der Waals surface area contributed by atoms with Gasteiger partial charge in [-0.3, -0.25) is 9.59 Å². The number of carbonyl (C=O) groups is 2. The highest BCUT2D eigenvalue weighted by atomic mass is 19.1. The number of carbonyl (C=O) groups excluding carboxylic acids is 2. The summed E-state index contributed by atoms with van der Waals surface area (Å²) in [7, 11) is 0. The lowest BCUT2D eigenvalue weighted by Gasteiger charge is -2.49. The van der Waals surface area contributed by atoms with Gasteiger partial charge in [-0.15, -0.1) is 0 Å². The van der Waals surface area contributed by atoms with Gasteiger partial charge in [-0.2, -0.15) is 0 Å². The van der Waals surface area contributed by atoms with Crippen molar-refractivity contribution in [3.05, 3.63) is 35.4 Å². The van der Waals surface area contributed by atoms with E-state index < -0.39 is 23.3 Å². The molecule has 1 N–H and O–H groups in total. The summed E-state index contributed by atoms with van der Waals surface area (Å²) in [6.45, 7) is 4.03. The Morgan fingerprint density at radius 2 is 1.81 bits per heavy atom. The highest BCUT2D eigenvalue weighted by Gasteiger charge is 2.45. The molecule has 142 valence electrons. The van der Waals surface area contributed by atoms with Crippen molar-refractivity contribution >= 4 is 11.8 Å². The number of likely N-dealkylation sites (tertiary alicyclic amines) is 1. The average molecular weight is 366 g/mol. The zero-order chi connectivity index (χ0) is 18.9. The molecule has 2 aliphatic rings. The van der Waals surface area contributed by atoms with Crippen LogP contribution < -0.4 is 5.32 Å². The maximum Gasteiger partial charge on any atom is 0.219 e. The second-order valence-corrected chi connectivity index (χ2v) is 7.27. The minimum Gasteiger partial charge on any atom is -0.367 e. The van der Waals surface area contributed by atoms with Gasteiger partial charge in [-0.1, -0.05) is 6.07 Å². The molecule has 2 saturated heterocycles. The van der Waals surface area contributed by atoms with E-state index in [0.717, 1.165) is 0 Å². The van der Waals surface area contributed by atoms with Crippen molar-refractivity contribution in [1.29, 1.82) is 0 Å². The maximum atomic E-state index is 14.3. The molecule has 5 nitrogen and oxygen atoms in total. The zero-order valence-corrected chi connectivity index (χ0v) is 15.1. The molecular weight excluding hydrogens is 342 g/mol. The van der Waals surface area contributed by atoms with Gasteiger partial charge in [0.25, 0.3) is 0 Å². The molecule has 2 aliphatic heterocycles. The van der Waals surface area contributed by atoms with E-state index in [1.807, 2.05) is 0 Å². The Morgan fingerprint density at radius 3 is 2.35 bits per heavy atom. The maximum absolute atomic E-state index is 14.3. The van der Waals surface area contributed by atoms with Crippen molar-refractivity contribution in [1.82, 2.24) is 10.2 Å². The molecule has 0 aromatic heterocycles. The van der Waals surface area contributed by atoms with Gasteiger partial charge >= 0.3 is 0 Å². The lowest BCUT2D eigenvalue weighted by atomic mass is 9.79. The summed E-state index contributed by atoms with van der Waals surface area (Å²) in [4.78, 5) is 24.9. The normalized spacial score (nSPS) is 25.2. The van der Waals surface area contributed by atoms with Gasteiger partial charge in [0.1, 0.15) is 11.6 Å². The number of hydrogen-bond acceptors (Lipinski definition) is 3. The number of ether oxygens (including phenoxy) is 1. The van der Waals surface area contributed by atoms with E-state index in [4.69, 9.17) is 4.74 Å². The van der Waals surface area contributed by atoms with Crippen molar-refractivity contribution < 1.29 is 23.1 Å². The topological polar surface area (TPSA) is 58.6 Å². The minimum absolute atomic E-state index is 0.00534. The predicted molar refractivity (Wildman–Crippen MR) is 91.2 cm³/mol. The Bertz CT molecular complexity index is 682. The fraction of sp³-hybridized carbons (Fsp3) is 0.579. The van der Waals surface area contributed by atoms with Crippen LogP contribution in [0.4, 0.5) is 8.78 Å². The van der Waals surface area contributed by atoms with E-state index >= 15 is 0 Å². The summed E-state index contributed by atoms with van der Waals surface area (Å²) in [6.07, 6.45) is 1.27. The second kappa shape index (κ2) is 7.31. The number of nitrogens with one attached hydrogen (secondary N) is 1. The fourth-order valence-corrected chi connectivity index (χ4v) is 4.13. The number of halogens is 2. The molecule has 0 aliphatic carbocycles. The first-order valence-electron chi connectivity index (χ1n) is 8.94. The molecule has 3 rings (SSSR count). The van der Waals surface area contributed by atoms with Crippen LogP contribution in [0.3, 0.4) is 0 Å². The highest BCUT2D eigenvalue weighted by Crippen LogP contribution is 2.44. The second-order valence-electron chi connectivity index (χ2n) is 7.27. The van der Waals surface area contributed by atoms with Crippen molar-refractivity contribution in [2.45, 2.75) is 57.3 Å². The average Bonchev–Trinajstić information content (AvgIpc) is 2.54. The van der Waals surface area contributed by atoms with Gasteiger partial charge < -0.3 is 15.0 Å². The molecule has 2 atom stereocenters. The van der Waals surface area contributed by atoms with Crippen LogP contribution in [0, 0.1) is 11.6 Å². The van der Waals surface area contributed by atoms with Gasteiger partial charge in [0.15, 0.2) is 0 Å². The van der Waals surface area contributed by atoms with Crippen LogP contribution >= 0.6 is 0 Å². The van der Waals surface area contributed by atoms with Crippen LogP contribution in [-0.4, -0.2) is 41.4 Å². The smallest absolute Gasteiger partial charge is 0.219 e. The monoisotopic (exact) mass is 366 g/mol.